The average Bonchev–Trinajstić information content (AvgIpc) is 2.57. The third kappa shape index (κ3) is 5.22. The van der Waals surface area contributed by atoms with Crippen molar-refractivity contribution in [2.75, 3.05) is 32.5 Å². The first kappa shape index (κ1) is 18.2. The molecule has 6 heteroatoms. The van der Waals surface area contributed by atoms with Crippen LogP contribution in [0.1, 0.15) is 18.5 Å². The summed E-state index contributed by atoms with van der Waals surface area (Å²) in [6.07, 6.45) is 3.50. The molecule has 0 saturated carbocycles. The smallest absolute Gasteiger partial charge is 0.322 e. The normalized spacial score (nSPS) is 12.0. The number of likely N-dealkylation sites (N-methyl/N-ethyl adjacent to an activating group) is 1. The number of aromatic nitrogens is 1. The summed E-state index contributed by atoms with van der Waals surface area (Å²) in [5.41, 5.74) is 1.79. The quantitative estimate of drug-likeness (QED) is 0.843. The highest BCUT2D eigenvalue weighted by Crippen LogP contribution is 2.21. The summed E-state index contributed by atoms with van der Waals surface area (Å²) in [6.45, 7) is 3.55. The molecule has 0 radical (unpaired) electrons. The Hall–Kier alpha value is -2.11. The van der Waals surface area contributed by atoms with E-state index < -0.39 is 0 Å². The van der Waals surface area contributed by atoms with E-state index in [1.807, 2.05) is 24.0 Å². The van der Waals surface area contributed by atoms with Crippen molar-refractivity contribution in [2.24, 2.45) is 0 Å². The molecule has 2 aromatic rings. The Morgan fingerprint density at radius 1 is 1.21 bits per heavy atom. The van der Waals surface area contributed by atoms with Crippen LogP contribution in [-0.4, -0.2) is 43.1 Å². The first-order valence-corrected chi connectivity index (χ1v) is 8.37. The minimum atomic E-state index is -0.122. The zero-order chi connectivity index (χ0) is 17.5. The number of carbonyl (C=O) groups excluding carboxylic acids is 1. The van der Waals surface area contributed by atoms with Gasteiger partial charge in [0.05, 0.1) is 33.2 Å². The van der Waals surface area contributed by atoms with E-state index in [1.165, 1.54) is 4.90 Å². The monoisotopic (exact) mass is 347 g/mol. The van der Waals surface area contributed by atoms with Crippen molar-refractivity contribution < 1.29 is 9.69 Å². The summed E-state index contributed by atoms with van der Waals surface area (Å²) in [5, 5.41) is 3.59. The van der Waals surface area contributed by atoms with E-state index in [0.717, 1.165) is 17.8 Å². The third-order valence-corrected chi connectivity index (χ3v) is 4.12. The molecule has 0 saturated heterocycles. The van der Waals surface area contributed by atoms with E-state index in [4.69, 9.17) is 11.6 Å². The van der Waals surface area contributed by atoms with Gasteiger partial charge in [-0.2, -0.15) is 0 Å². The van der Waals surface area contributed by atoms with Crippen molar-refractivity contribution in [1.29, 1.82) is 0 Å². The lowest BCUT2D eigenvalue weighted by molar-refractivity contribution is -0.857. The first-order chi connectivity index (χ1) is 11.5. The van der Waals surface area contributed by atoms with Crippen LogP contribution in [-0.2, 0) is 0 Å². The van der Waals surface area contributed by atoms with Gasteiger partial charge in [0.2, 0.25) is 0 Å². The van der Waals surface area contributed by atoms with Crippen LogP contribution in [0.2, 0.25) is 5.02 Å². The van der Waals surface area contributed by atoms with Gasteiger partial charge in [-0.15, -0.1) is 0 Å². The molecule has 0 fully saturated rings. The number of anilines is 1. The molecule has 2 rings (SSSR count). The molecule has 0 aliphatic rings. The number of hydrogen-bond acceptors (Lipinski definition) is 2. The Bertz CT molecular complexity index is 646. The number of carbonyl (C=O) groups is 1. The number of hydrogen-bond donors (Lipinski definition) is 2. The number of nitrogens with zero attached hydrogens (tertiary/aromatic N) is 2. The molecule has 2 amide bonds. The van der Waals surface area contributed by atoms with Crippen molar-refractivity contribution in [3.63, 3.8) is 0 Å². The number of pyridine rings is 1. The number of nitrogens with one attached hydrogen (secondary N) is 2. The van der Waals surface area contributed by atoms with Crippen molar-refractivity contribution in [3.8, 4) is 0 Å². The first-order valence-electron chi connectivity index (χ1n) is 7.99. The maximum Gasteiger partial charge on any atom is 0.322 e. The summed E-state index contributed by atoms with van der Waals surface area (Å²) < 4.78 is 0. The lowest BCUT2D eigenvalue weighted by atomic mass is 10.1. The summed E-state index contributed by atoms with van der Waals surface area (Å²) >= 11 is 5.89. The van der Waals surface area contributed by atoms with E-state index in [9.17, 15) is 4.79 Å². The number of benzene rings is 1. The van der Waals surface area contributed by atoms with Gasteiger partial charge in [-0.05, 0) is 48.9 Å². The summed E-state index contributed by atoms with van der Waals surface area (Å²) in [6, 6.07) is 10.8. The molecule has 0 spiro atoms. The standard InChI is InChI=1S/C18H23ClN4O/c1-14(15-8-10-20-11-9-15)23(13-12-22(2)3)18(24)21-17-6-4-16(19)5-7-17/h4-11,14H,12-13H2,1-3H3,(H,21,24)/p+1. The molecule has 128 valence electrons. The van der Waals surface area contributed by atoms with Crippen LogP contribution >= 0.6 is 11.6 Å². The van der Waals surface area contributed by atoms with Crippen LogP contribution in [0.3, 0.4) is 0 Å². The number of urea groups is 1. The fourth-order valence-electron chi connectivity index (χ4n) is 2.37. The molecule has 1 heterocycles. The van der Waals surface area contributed by atoms with Crippen LogP contribution in [0, 0.1) is 0 Å². The number of halogens is 1. The van der Waals surface area contributed by atoms with Gasteiger partial charge in [-0.3, -0.25) is 4.98 Å². The fourth-order valence-corrected chi connectivity index (χ4v) is 2.49. The minimum Gasteiger partial charge on any atom is -0.338 e. The second kappa shape index (κ2) is 8.66. The van der Waals surface area contributed by atoms with Crippen LogP contribution in [0.5, 0.6) is 0 Å². The maximum atomic E-state index is 12.8. The summed E-state index contributed by atoms with van der Waals surface area (Å²) in [5.74, 6) is 0. The Morgan fingerprint density at radius 3 is 2.42 bits per heavy atom. The number of quaternary nitrogens is 1. The highest BCUT2D eigenvalue weighted by Gasteiger charge is 2.22. The Labute approximate surface area is 148 Å². The third-order valence-electron chi connectivity index (χ3n) is 3.87. The van der Waals surface area contributed by atoms with E-state index in [2.05, 4.69) is 24.4 Å². The van der Waals surface area contributed by atoms with Crippen molar-refractivity contribution in [2.45, 2.75) is 13.0 Å². The zero-order valence-corrected chi connectivity index (χ0v) is 15.0. The highest BCUT2D eigenvalue weighted by atomic mass is 35.5. The van der Waals surface area contributed by atoms with Gasteiger partial charge in [0.15, 0.2) is 0 Å². The lowest BCUT2D eigenvalue weighted by Crippen LogP contribution is -3.06. The topological polar surface area (TPSA) is 49.7 Å². The van der Waals surface area contributed by atoms with E-state index in [0.29, 0.717) is 11.6 Å². The predicted octanol–water partition coefficient (Wildman–Crippen LogP) is 2.47. The van der Waals surface area contributed by atoms with Gasteiger partial charge >= 0.3 is 6.03 Å². The minimum absolute atomic E-state index is 0.0420. The van der Waals surface area contributed by atoms with Crippen molar-refractivity contribution >= 4 is 23.3 Å². The van der Waals surface area contributed by atoms with Gasteiger partial charge in [0, 0.05) is 23.1 Å². The van der Waals surface area contributed by atoms with Gasteiger partial charge in [-0.1, -0.05) is 11.6 Å². The molecular weight excluding hydrogens is 324 g/mol. The lowest BCUT2D eigenvalue weighted by Gasteiger charge is -2.30. The Balaban J connectivity index is 2.14. The largest absolute Gasteiger partial charge is 0.338 e. The van der Waals surface area contributed by atoms with Gasteiger partial charge < -0.3 is 15.1 Å². The summed E-state index contributed by atoms with van der Waals surface area (Å²) in [7, 11) is 4.15. The zero-order valence-electron chi connectivity index (χ0n) is 14.3. The number of amides is 2. The molecule has 0 aliphatic heterocycles. The van der Waals surface area contributed by atoms with E-state index >= 15 is 0 Å². The Kier molecular flexibility index (Phi) is 6.58. The molecule has 2 N–H and O–H groups in total. The summed E-state index contributed by atoms with van der Waals surface area (Å²) in [4.78, 5) is 20.0. The SMILES string of the molecule is CC(c1ccncc1)N(CC[NH+](C)C)C(=O)Nc1ccc(Cl)cc1. The predicted molar refractivity (Wildman–Crippen MR) is 97.5 cm³/mol. The maximum absolute atomic E-state index is 12.8. The second-order valence-corrected chi connectivity index (χ2v) is 6.48. The average molecular weight is 348 g/mol. The molecule has 1 aromatic carbocycles. The van der Waals surface area contributed by atoms with E-state index in [-0.39, 0.29) is 12.1 Å². The van der Waals surface area contributed by atoms with Gasteiger partial charge in [-0.25, -0.2) is 4.79 Å². The van der Waals surface area contributed by atoms with Crippen LogP contribution in [0.4, 0.5) is 10.5 Å². The Morgan fingerprint density at radius 2 is 1.83 bits per heavy atom. The molecule has 24 heavy (non-hydrogen) atoms. The van der Waals surface area contributed by atoms with Crippen LogP contribution < -0.4 is 10.2 Å². The molecule has 0 aliphatic carbocycles. The van der Waals surface area contributed by atoms with Crippen molar-refractivity contribution in [3.05, 3.63) is 59.4 Å². The van der Waals surface area contributed by atoms with Crippen LogP contribution in [0.15, 0.2) is 48.8 Å². The van der Waals surface area contributed by atoms with Gasteiger partial charge in [0.25, 0.3) is 0 Å². The molecule has 1 atom stereocenters. The molecule has 1 aromatic heterocycles. The van der Waals surface area contributed by atoms with Crippen LogP contribution in [0.25, 0.3) is 0 Å². The van der Waals surface area contributed by atoms with Crippen molar-refractivity contribution in [1.82, 2.24) is 9.88 Å². The molecule has 0 bridgehead atoms. The fraction of sp³-hybridized carbons (Fsp3) is 0.333. The molecular formula is C18H24ClN4O+. The number of rotatable bonds is 6. The highest BCUT2D eigenvalue weighted by molar-refractivity contribution is 6.30. The molecule has 5 nitrogen and oxygen atoms in total. The second-order valence-electron chi connectivity index (χ2n) is 6.04. The van der Waals surface area contributed by atoms with Gasteiger partial charge in [0.1, 0.15) is 0 Å². The molecule has 1 unspecified atom stereocenters. The van der Waals surface area contributed by atoms with E-state index in [1.54, 1.807) is 36.7 Å².